The maximum Gasteiger partial charge on any atom is 0.193 e. The Bertz CT molecular complexity index is 383. The van der Waals surface area contributed by atoms with E-state index in [2.05, 4.69) is 52.7 Å². The van der Waals surface area contributed by atoms with E-state index < -0.39 is 0 Å². The lowest BCUT2D eigenvalue weighted by Crippen LogP contribution is -3.00. The lowest BCUT2D eigenvalue weighted by Gasteiger charge is -1.93. The summed E-state index contributed by atoms with van der Waals surface area (Å²) in [5, 5.41) is 2.12. The average Bonchev–Trinajstić information content (AvgIpc) is 2.54. The number of aromatic nitrogens is 1. The number of aryl methyl sites for hydroxylation is 1. The summed E-state index contributed by atoms with van der Waals surface area (Å²) in [6.45, 7) is 3.13. The molecule has 0 N–H and O–H groups in total. The highest BCUT2D eigenvalue weighted by molar-refractivity contribution is 6.99. The molecule has 0 saturated heterocycles. The normalized spacial score (nSPS) is 9.50. The summed E-state index contributed by atoms with van der Waals surface area (Å²) in [7, 11) is 0. The van der Waals surface area contributed by atoms with Crippen molar-refractivity contribution < 1.29 is 27.9 Å². The van der Waals surface area contributed by atoms with Crippen LogP contribution < -0.4 is 27.9 Å². The average molecular weight is 317 g/mol. The molecular formula is C11H12INS. The van der Waals surface area contributed by atoms with E-state index in [-0.39, 0.29) is 24.0 Å². The molecule has 0 aliphatic carbocycles. The van der Waals surface area contributed by atoms with Gasteiger partial charge in [-0.25, -0.2) is 0 Å². The molecule has 1 heterocycles. The minimum absolute atomic E-state index is 0. The Kier molecular flexibility index (Phi) is 4.54. The van der Waals surface area contributed by atoms with Gasteiger partial charge in [0.2, 0.25) is 0 Å². The van der Waals surface area contributed by atoms with E-state index in [1.807, 2.05) is 0 Å². The highest BCUT2D eigenvalue weighted by Crippen LogP contribution is 2.01. The zero-order chi connectivity index (χ0) is 9.10. The Balaban J connectivity index is 0.000000980. The van der Waals surface area contributed by atoms with Gasteiger partial charge in [0, 0.05) is 18.6 Å². The van der Waals surface area contributed by atoms with Crippen LogP contribution in [0.25, 0.3) is 0 Å². The van der Waals surface area contributed by atoms with Crippen LogP contribution in [0, 0.1) is 6.92 Å². The van der Waals surface area contributed by atoms with Gasteiger partial charge in [0.1, 0.15) is 11.5 Å². The molecule has 3 heteroatoms. The molecule has 0 fully saturated rings. The van der Waals surface area contributed by atoms with Gasteiger partial charge in [-0.1, -0.05) is 30.3 Å². The van der Waals surface area contributed by atoms with E-state index in [4.69, 9.17) is 0 Å². The fourth-order valence-electron chi connectivity index (χ4n) is 1.28. The van der Waals surface area contributed by atoms with E-state index in [9.17, 15) is 0 Å². The SMILES string of the molecule is Cc1ccs[n+]1Cc1ccccc1.[I-]. The van der Waals surface area contributed by atoms with E-state index in [1.54, 1.807) is 11.5 Å². The molecule has 1 aromatic heterocycles. The van der Waals surface area contributed by atoms with Crippen molar-refractivity contribution in [2.45, 2.75) is 13.5 Å². The van der Waals surface area contributed by atoms with Gasteiger partial charge in [0.25, 0.3) is 0 Å². The Labute approximate surface area is 106 Å². The predicted molar refractivity (Wildman–Crippen MR) is 54.8 cm³/mol. The van der Waals surface area contributed by atoms with Crippen molar-refractivity contribution in [2.75, 3.05) is 0 Å². The maximum absolute atomic E-state index is 2.29. The van der Waals surface area contributed by atoms with Gasteiger partial charge in [-0.3, -0.25) is 0 Å². The molecule has 0 unspecified atom stereocenters. The Morgan fingerprint density at radius 2 is 1.86 bits per heavy atom. The van der Waals surface area contributed by atoms with Crippen molar-refractivity contribution in [2.24, 2.45) is 0 Å². The van der Waals surface area contributed by atoms with Crippen LogP contribution in [0.2, 0.25) is 0 Å². The van der Waals surface area contributed by atoms with Crippen molar-refractivity contribution in [1.29, 1.82) is 0 Å². The molecule has 0 amide bonds. The monoisotopic (exact) mass is 317 g/mol. The van der Waals surface area contributed by atoms with Crippen LogP contribution in [-0.2, 0) is 6.54 Å². The zero-order valence-corrected chi connectivity index (χ0v) is 11.0. The smallest absolute Gasteiger partial charge is 0.193 e. The van der Waals surface area contributed by atoms with E-state index in [1.165, 1.54) is 11.3 Å². The van der Waals surface area contributed by atoms with Gasteiger partial charge in [0.05, 0.1) is 5.38 Å². The van der Waals surface area contributed by atoms with E-state index in [0.29, 0.717) is 0 Å². The van der Waals surface area contributed by atoms with Crippen LogP contribution >= 0.6 is 11.5 Å². The summed E-state index contributed by atoms with van der Waals surface area (Å²) < 4.78 is 2.29. The molecule has 0 bridgehead atoms. The number of halogens is 1. The molecule has 0 aliphatic rings. The Hall–Kier alpha value is -0.420. The fourth-order valence-corrected chi connectivity index (χ4v) is 2.14. The molecule has 2 rings (SSSR count). The Morgan fingerprint density at radius 1 is 1.14 bits per heavy atom. The quantitative estimate of drug-likeness (QED) is 0.514. The third kappa shape index (κ3) is 2.78. The summed E-state index contributed by atoms with van der Waals surface area (Å²) in [5.41, 5.74) is 2.69. The van der Waals surface area contributed by atoms with Crippen molar-refractivity contribution in [3.63, 3.8) is 0 Å². The van der Waals surface area contributed by atoms with E-state index in [0.717, 1.165) is 6.54 Å². The minimum Gasteiger partial charge on any atom is -1.00 e. The maximum atomic E-state index is 2.29. The first-order valence-corrected chi connectivity index (χ1v) is 5.18. The summed E-state index contributed by atoms with van der Waals surface area (Å²) in [6, 6.07) is 12.7. The number of hydrogen-bond acceptors (Lipinski definition) is 1. The standard InChI is InChI=1S/C11H12NS.HI/c1-10-7-8-13-12(10)9-11-5-3-2-4-6-11;/h2-8H,9H2,1H3;1H/q+1;/p-1. The second-order valence-corrected chi connectivity index (χ2v) is 4.00. The van der Waals surface area contributed by atoms with Gasteiger partial charge in [0.15, 0.2) is 12.2 Å². The van der Waals surface area contributed by atoms with Crippen LogP contribution in [0.3, 0.4) is 0 Å². The second-order valence-electron chi connectivity index (χ2n) is 3.07. The van der Waals surface area contributed by atoms with Crippen LogP contribution in [-0.4, -0.2) is 0 Å². The highest BCUT2D eigenvalue weighted by atomic mass is 127. The van der Waals surface area contributed by atoms with Gasteiger partial charge in [-0.15, -0.1) is 3.96 Å². The molecule has 0 aliphatic heterocycles. The first-order valence-electron chi connectivity index (χ1n) is 4.34. The molecule has 74 valence electrons. The van der Waals surface area contributed by atoms with Crippen LogP contribution in [0.1, 0.15) is 11.3 Å². The van der Waals surface area contributed by atoms with Crippen molar-refractivity contribution in [1.82, 2.24) is 0 Å². The number of benzene rings is 1. The lowest BCUT2D eigenvalue weighted by molar-refractivity contribution is -0.625. The Morgan fingerprint density at radius 3 is 2.43 bits per heavy atom. The minimum atomic E-state index is 0. The highest BCUT2D eigenvalue weighted by Gasteiger charge is 2.07. The molecule has 14 heavy (non-hydrogen) atoms. The second kappa shape index (κ2) is 5.46. The number of hydrogen-bond donors (Lipinski definition) is 0. The van der Waals surface area contributed by atoms with E-state index >= 15 is 0 Å². The van der Waals surface area contributed by atoms with Crippen LogP contribution in [0.15, 0.2) is 41.8 Å². The number of rotatable bonds is 2. The first kappa shape index (κ1) is 11.7. The molecule has 1 aromatic carbocycles. The molecule has 1 nitrogen and oxygen atoms in total. The number of nitrogens with zero attached hydrogens (tertiary/aromatic N) is 1. The van der Waals surface area contributed by atoms with Gasteiger partial charge < -0.3 is 24.0 Å². The molecule has 0 radical (unpaired) electrons. The third-order valence-electron chi connectivity index (χ3n) is 2.06. The van der Waals surface area contributed by atoms with Crippen LogP contribution in [0.4, 0.5) is 0 Å². The van der Waals surface area contributed by atoms with Gasteiger partial charge in [-0.2, -0.15) is 0 Å². The zero-order valence-electron chi connectivity index (χ0n) is 7.98. The summed E-state index contributed by atoms with van der Waals surface area (Å²) in [5.74, 6) is 0. The fraction of sp³-hybridized carbons (Fsp3) is 0.182. The third-order valence-corrected chi connectivity index (χ3v) is 2.99. The van der Waals surface area contributed by atoms with Gasteiger partial charge >= 0.3 is 0 Å². The molecule has 0 saturated carbocycles. The summed E-state index contributed by atoms with van der Waals surface area (Å²) in [4.78, 5) is 0. The lowest BCUT2D eigenvalue weighted by atomic mass is 10.2. The molecule has 0 spiro atoms. The summed E-state index contributed by atoms with van der Waals surface area (Å²) in [6.07, 6.45) is 0. The van der Waals surface area contributed by atoms with Crippen molar-refractivity contribution >= 4 is 11.5 Å². The first-order chi connectivity index (χ1) is 6.36. The van der Waals surface area contributed by atoms with Crippen molar-refractivity contribution in [3.8, 4) is 0 Å². The molecule has 2 aromatic rings. The predicted octanol–water partition coefficient (Wildman–Crippen LogP) is -0.604. The topological polar surface area (TPSA) is 3.88 Å². The molecule has 0 atom stereocenters. The van der Waals surface area contributed by atoms with Crippen molar-refractivity contribution in [3.05, 3.63) is 53.0 Å². The molecular weight excluding hydrogens is 305 g/mol. The van der Waals surface area contributed by atoms with Gasteiger partial charge in [-0.05, 0) is 0 Å². The summed E-state index contributed by atoms with van der Waals surface area (Å²) >= 11 is 1.76. The van der Waals surface area contributed by atoms with Crippen LogP contribution in [0.5, 0.6) is 0 Å². The largest absolute Gasteiger partial charge is 1.00 e.